The van der Waals surface area contributed by atoms with Crippen LogP contribution in [-0.4, -0.2) is 27.6 Å². The van der Waals surface area contributed by atoms with E-state index in [9.17, 15) is 0 Å². The average molecular weight is 301 g/mol. The lowest BCUT2D eigenvalue weighted by Crippen LogP contribution is -2.38. The van der Waals surface area contributed by atoms with E-state index in [0.717, 1.165) is 13.0 Å². The van der Waals surface area contributed by atoms with Crippen molar-refractivity contribution in [1.82, 2.24) is 15.1 Å². The molecule has 2 heterocycles. The summed E-state index contributed by atoms with van der Waals surface area (Å²) >= 11 is 2.04. The Balaban J connectivity index is 1.64. The van der Waals surface area contributed by atoms with Crippen LogP contribution in [0, 0.1) is 0 Å². The first kappa shape index (κ1) is 14.7. The molecule has 3 nitrogen and oxygen atoms in total. The van der Waals surface area contributed by atoms with E-state index in [2.05, 4.69) is 47.7 Å². The van der Waals surface area contributed by atoms with Crippen LogP contribution in [0.3, 0.4) is 0 Å². The van der Waals surface area contributed by atoms with Crippen LogP contribution < -0.4 is 5.32 Å². The van der Waals surface area contributed by atoms with Gasteiger partial charge in [-0.15, -0.1) is 11.8 Å². The molecule has 1 aliphatic rings. The summed E-state index contributed by atoms with van der Waals surface area (Å²) in [4.78, 5) is 1.46. The number of thioether (sulfide) groups is 1. The molecular weight excluding hydrogens is 278 g/mol. The number of rotatable bonds is 6. The summed E-state index contributed by atoms with van der Waals surface area (Å²) in [5.74, 6) is 0. The summed E-state index contributed by atoms with van der Waals surface area (Å²) in [6, 6.07) is 11.5. The second-order valence-electron chi connectivity index (χ2n) is 5.62. The molecule has 2 unspecified atom stereocenters. The van der Waals surface area contributed by atoms with Gasteiger partial charge < -0.3 is 5.32 Å². The Bertz CT molecular complexity index is 568. The van der Waals surface area contributed by atoms with Gasteiger partial charge in [0.15, 0.2) is 0 Å². The molecule has 0 spiro atoms. The third-order valence-corrected chi connectivity index (χ3v) is 5.67. The molecule has 0 aliphatic carbocycles. The van der Waals surface area contributed by atoms with Crippen LogP contribution >= 0.6 is 11.8 Å². The van der Waals surface area contributed by atoms with Crippen molar-refractivity contribution in [2.75, 3.05) is 6.54 Å². The van der Waals surface area contributed by atoms with Crippen molar-refractivity contribution in [1.29, 1.82) is 0 Å². The highest BCUT2D eigenvalue weighted by Gasteiger charge is 2.28. The van der Waals surface area contributed by atoms with E-state index in [1.54, 1.807) is 0 Å². The van der Waals surface area contributed by atoms with Crippen LogP contribution in [0.4, 0.5) is 0 Å². The molecule has 0 bridgehead atoms. The maximum Gasteiger partial charge on any atom is 0.0492 e. The van der Waals surface area contributed by atoms with Gasteiger partial charge in [-0.3, -0.25) is 4.68 Å². The van der Waals surface area contributed by atoms with E-state index in [1.165, 1.54) is 29.0 Å². The number of fused-ring (bicyclic) bond motifs is 1. The highest BCUT2D eigenvalue weighted by atomic mass is 32.2. The van der Waals surface area contributed by atoms with E-state index in [4.69, 9.17) is 0 Å². The minimum Gasteiger partial charge on any atom is -0.313 e. The van der Waals surface area contributed by atoms with Gasteiger partial charge in [0.1, 0.15) is 0 Å². The molecule has 2 aromatic rings. The standard InChI is InChI=1S/C17H23N3S/c1-3-18-15(9-8-14-10-11-19-20(14)2)17-12-13-6-4-5-7-16(13)21-17/h4-7,10-11,15,17-18H,3,8-9,12H2,1-2H3. The third kappa shape index (κ3) is 3.33. The topological polar surface area (TPSA) is 29.9 Å². The lowest BCUT2D eigenvalue weighted by atomic mass is 10.0. The fraction of sp³-hybridized carbons (Fsp3) is 0.471. The molecule has 1 aromatic carbocycles. The largest absolute Gasteiger partial charge is 0.313 e. The Morgan fingerprint density at radius 2 is 2.24 bits per heavy atom. The Kier molecular flexibility index (Phi) is 4.66. The summed E-state index contributed by atoms with van der Waals surface area (Å²) in [5, 5.41) is 8.60. The average Bonchev–Trinajstić information content (AvgIpc) is 3.09. The minimum atomic E-state index is 0.558. The predicted octanol–water partition coefficient (Wildman–Crippen LogP) is 3.05. The number of hydrogen-bond donors (Lipinski definition) is 1. The van der Waals surface area contributed by atoms with Gasteiger partial charge in [0.2, 0.25) is 0 Å². The first-order chi connectivity index (χ1) is 10.3. The van der Waals surface area contributed by atoms with Crippen molar-refractivity contribution < 1.29 is 0 Å². The fourth-order valence-electron chi connectivity index (χ4n) is 3.06. The Hall–Kier alpha value is -1.26. The summed E-state index contributed by atoms with van der Waals surface area (Å²) in [5.41, 5.74) is 2.83. The highest BCUT2D eigenvalue weighted by Crippen LogP contribution is 2.39. The van der Waals surface area contributed by atoms with E-state index in [-0.39, 0.29) is 0 Å². The maximum absolute atomic E-state index is 4.26. The van der Waals surface area contributed by atoms with Gasteiger partial charge in [-0.05, 0) is 43.5 Å². The van der Waals surface area contributed by atoms with Crippen LogP contribution in [0.2, 0.25) is 0 Å². The normalized spacial score (nSPS) is 18.7. The first-order valence-electron chi connectivity index (χ1n) is 7.72. The Morgan fingerprint density at radius 1 is 1.38 bits per heavy atom. The summed E-state index contributed by atoms with van der Waals surface area (Å²) in [7, 11) is 2.03. The molecule has 1 N–H and O–H groups in total. The molecule has 0 fully saturated rings. The number of aromatic nitrogens is 2. The number of aryl methyl sites for hydroxylation is 2. The van der Waals surface area contributed by atoms with Gasteiger partial charge in [-0.25, -0.2) is 0 Å². The van der Waals surface area contributed by atoms with Crippen LogP contribution in [0.15, 0.2) is 41.4 Å². The van der Waals surface area contributed by atoms with Crippen molar-refractivity contribution in [2.45, 2.75) is 42.4 Å². The van der Waals surface area contributed by atoms with Gasteiger partial charge >= 0.3 is 0 Å². The van der Waals surface area contributed by atoms with Crippen molar-refractivity contribution in [2.24, 2.45) is 7.05 Å². The number of benzene rings is 1. The Labute approximate surface area is 131 Å². The molecule has 1 aliphatic heterocycles. The number of nitrogens with one attached hydrogen (secondary N) is 1. The zero-order valence-electron chi connectivity index (χ0n) is 12.7. The van der Waals surface area contributed by atoms with Crippen molar-refractivity contribution in [3.63, 3.8) is 0 Å². The SMILES string of the molecule is CCNC(CCc1ccnn1C)C1Cc2ccccc2S1. The first-order valence-corrected chi connectivity index (χ1v) is 8.60. The van der Waals surface area contributed by atoms with Crippen LogP contribution in [0.1, 0.15) is 24.6 Å². The Morgan fingerprint density at radius 3 is 2.95 bits per heavy atom. The number of nitrogens with zero attached hydrogens (tertiary/aromatic N) is 2. The zero-order chi connectivity index (χ0) is 14.7. The fourth-order valence-corrected chi connectivity index (χ4v) is 4.51. The molecule has 0 saturated carbocycles. The quantitative estimate of drug-likeness (QED) is 0.889. The maximum atomic E-state index is 4.26. The van der Waals surface area contributed by atoms with E-state index >= 15 is 0 Å². The minimum absolute atomic E-state index is 0.558. The second kappa shape index (κ2) is 6.67. The van der Waals surface area contributed by atoms with Crippen molar-refractivity contribution >= 4 is 11.8 Å². The highest BCUT2D eigenvalue weighted by molar-refractivity contribution is 8.00. The summed E-state index contributed by atoms with van der Waals surface area (Å²) in [6.45, 7) is 3.23. The molecular formula is C17H23N3S. The van der Waals surface area contributed by atoms with Crippen LogP contribution in [0.5, 0.6) is 0 Å². The van der Waals surface area contributed by atoms with E-state index in [0.29, 0.717) is 11.3 Å². The predicted molar refractivity (Wildman–Crippen MR) is 88.8 cm³/mol. The molecule has 2 atom stereocenters. The van der Waals surface area contributed by atoms with E-state index < -0.39 is 0 Å². The third-order valence-electron chi connectivity index (χ3n) is 4.22. The monoisotopic (exact) mass is 301 g/mol. The van der Waals surface area contributed by atoms with Gasteiger partial charge in [0, 0.05) is 35.1 Å². The molecule has 1 aromatic heterocycles. The second-order valence-corrected chi connectivity index (χ2v) is 6.90. The van der Waals surface area contributed by atoms with Gasteiger partial charge in [0.25, 0.3) is 0 Å². The van der Waals surface area contributed by atoms with Crippen molar-refractivity contribution in [3.05, 3.63) is 47.8 Å². The molecule has 0 amide bonds. The van der Waals surface area contributed by atoms with Gasteiger partial charge in [-0.2, -0.15) is 5.10 Å². The molecule has 4 heteroatoms. The van der Waals surface area contributed by atoms with Gasteiger partial charge in [0.05, 0.1) is 0 Å². The number of hydrogen-bond acceptors (Lipinski definition) is 3. The van der Waals surface area contributed by atoms with Crippen LogP contribution in [-0.2, 0) is 19.9 Å². The molecule has 0 radical (unpaired) electrons. The molecule has 0 saturated heterocycles. The summed E-state index contributed by atoms with van der Waals surface area (Å²) < 4.78 is 1.99. The lowest BCUT2D eigenvalue weighted by Gasteiger charge is -2.23. The van der Waals surface area contributed by atoms with Crippen molar-refractivity contribution in [3.8, 4) is 0 Å². The van der Waals surface area contributed by atoms with Gasteiger partial charge in [-0.1, -0.05) is 25.1 Å². The smallest absolute Gasteiger partial charge is 0.0492 e. The summed E-state index contributed by atoms with van der Waals surface area (Å²) in [6.07, 6.45) is 5.32. The van der Waals surface area contributed by atoms with E-state index in [1.807, 2.05) is 29.7 Å². The molecule has 112 valence electrons. The zero-order valence-corrected chi connectivity index (χ0v) is 13.6. The molecule has 21 heavy (non-hydrogen) atoms. The lowest BCUT2D eigenvalue weighted by molar-refractivity contribution is 0.471. The molecule has 3 rings (SSSR count). The van der Waals surface area contributed by atoms with Crippen LogP contribution in [0.25, 0.3) is 0 Å².